The summed E-state index contributed by atoms with van der Waals surface area (Å²) < 4.78 is 43.6. The fraction of sp³-hybridized carbons (Fsp3) is 0.125. The number of esters is 1. The van der Waals surface area contributed by atoms with E-state index in [0.29, 0.717) is 0 Å². The van der Waals surface area contributed by atoms with Crippen molar-refractivity contribution in [1.29, 1.82) is 0 Å². The van der Waals surface area contributed by atoms with Crippen LogP contribution in [0, 0.1) is 0 Å². The van der Waals surface area contributed by atoms with Crippen LogP contribution in [0.4, 0.5) is 13.2 Å². The first kappa shape index (κ1) is 21.3. The molecule has 0 unspecified atom stereocenters. The van der Waals surface area contributed by atoms with E-state index in [4.69, 9.17) is 4.74 Å². The smallest absolute Gasteiger partial charge is 0.416 e. The molecular formula is C24H16F3NO4. The number of amides is 2. The predicted molar refractivity (Wildman–Crippen MR) is 108 cm³/mol. The van der Waals surface area contributed by atoms with Crippen LogP contribution < -0.4 is 0 Å². The zero-order valence-electron chi connectivity index (χ0n) is 16.6. The number of ether oxygens (including phenoxy) is 1. The molecule has 3 aromatic rings. The second kappa shape index (κ2) is 8.30. The van der Waals surface area contributed by atoms with Gasteiger partial charge in [-0.2, -0.15) is 13.2 Å². The minimum Gasteiger partial charge on any atom is -0.457 e. The third-order valence-electron chi connectivity index (χ3n) is 5.01. The molecule has 0 N–H and O–H groups in total. The molecule has 0 fully saturated rings. The van der Waals surface area contributed by atoms with Crippen molar-refractivity contribution in [2.24, 2.45) is 0 Å². The molecule has 0 atom stereocenters. The summed E-state index contributed by atoms with van der Waals surface area (Å²) in [5.41, 5.74) is 0.404. The number of carbonyl (C=O) groups is 3. The van der Waals surface area contributed by atoms with Crippen molar-refractivity contribution in [3.05, 3.63) is 106 Å². The number of hydrogen-bond acceptors (Lipinski definition) is 4. The Hall–Kier alpha value is -3.94. The number of hydrogen-bond donors (Lipinski definition) is 0. The van der Waals surface area contributed by atoms with E-state index >= 15 is 0 Å². The van der Waals surface area contributed by atoms with E-state index in [9.17, 15) is 27.6 Å². The number of halogens is 3. The number of carbonyl (C=O) groups excluding carboxylic acids is 3. The van der Waals surface area contributed by atoms with Crippen LogP contribution in [0.5, 0.6) is 0 Å². The van der Waals surface area contributed by atoms with E-state index in [0.717, 1.165) is 22.6 Å². The van der Waals surface area contributed by atoms with Gasteiger partial charge >= 0.3 is 12.1 Å². The van der Waals surface area contributed by atoms with E-state index in [1.807, 2.05) is 6.07 Å². The standard InChI is InChI=1S/C24H16F3NO4/c25-24(26,27)18-8-4-7-16(11-18)14-32-23(31)17-9-10-19-20(12-17)22(30)28(21(19)29)13-15-5-2-1-3-6-15/h1-12H,13-14H2. The van der Waals surface area contributed by atoms with Gasteiger partial charge in [0.15, 0.2) is 0 Å². The lowest BCUT2D eigenvalue weighted by Crippen LogP contribution is -2.29. The number of fused-ring (bicyclic) bond motifs is 1. The van der Waals surface area contributed by atoms with Gasteiger partial charge < -0.3 is 4.74 Å². The Bertz CT molecular complexity index is 1210. The van der Waals surface area contributed by atoms with Crippen molar-refractivity contribution in [3.8, 4) is 0 Å². The molecule has 1 aliphatic heterocycles. The third-order valence-corrected chi connectivity index (χ3v) is 5.01. The minimum atomic E-state index is -4.50. The number of benzene rings is 3. The molecule has 0 saturated heterocycles. The van der Waals surface area contributed by atoms with Crippen molar-refractivity contribution in [3.63, 3.8) is 0 Å². The van der Waals surface area contributed by atoms with Crippen molar-refractivity contribution in [2.75, 3.05) is 0 Å². The average molecular weight is 439 g/mol. The van der Waals surface area contributed by atoms with Gasteiger partial charge in [-0.05, 0) is 41.5 Å². The van der Waals surface area contributed by atoms with Crippen LogP contribution in [0.25, 0.3) is 0 Å². The Kier molecular flexibility index (Phi) is 5.52. The van der Waals surface area contributed by atoms with Crippen molar-refractivity contribution in [1.82, 2.24) is 4.90 Å². The first-order valence-corrected chi connectivity index (χ1v) is 9.61. The first-order valence-electron chi connectivity index (χ1n) is 9.61. The molecule has 0 aliphatic carbocycles. The van der Waals surface area contributed by atoms with Crippen LogP contribution in [-0.4, -0.2) is 22.7 Å². The molecule has 8 heteroatoms. The fourth-order valence-corrected chi connectivity index (χ4v) is 3.40. The van der Waals surface area contributed by atoms with Crippen LogP contribution in [0.2, 0.25) is 0 Å². The first-order chi connectivity index (χ1) is 15.2. The normalized spacial score (nSPS) is 13.3. The SMILES string of the molecule is O=C(OCc1cccc(C(F)(F)F)c1)c1ccc2c(c1)C(=O)N(Cc1ccccc1)C2=O. The third kappa shape index (κ3) is 4.25. The van der Waals surface area contributed by atoms with Crippen molar-refractivity contribution >= 4 is 17.8 Å². The van der Waals surface area contributed by atoms with Crippen LogP contribution in [0.1, 0.15) is 47.8 Å². The highest BCUT2D eigenvalue weighted by atomic mass is 19.4. The summed E-state index contributed by atoms with van der Waals surface area (Å²) in [4.78, 5) is 38.9. The molecule has 1 aliphatic rings. The summed E-state index contributed by atoms with van der Waals surface area (Å²) in [6.45, 7) is -0.268. The molecule has 3 aromatic carbocycles. The zero-order valence-corrected chi connectivity index (χ0v) is 16.6. The second-order valence-corrected chi connectivity index (χ2v) is 7.22. The van der Waals surface area contributed by atoms with Gasteiger partial charge in [-0.25, -0.2) is 4.79 Å². The highest BCUT2D eigenvalue weighted by Gasteiger charge is 2.36. The molecule has 4 rings (SSSR count). The monoisotopic (exact) mass is 439 g/mol. The Morgan fingerprint density at radius 2 is 1.50 bits per heavy atom. The lowest BCUT2D eigenvalue weighted by molar-refractivity contribution is -0.137. The predicted octanol–water partition coefficient (Wildman–Crippen LogP) is 4.86. The molecule has 1 heterocycles. The summed E-state index contributed by atoms with van der Waals surface area (Å²) in [7, 11) is 0. The van der Waals surface area contributed by atoms with Crippen LogP contribution in [0.15, 0.2) is 72.8 Å². The van der Waals surface area contributed by atoms with Gasteiger partial charge in [0.25, 0.3) is 11.8 Å². The Labute approximate surface area is 181 Å². The molecule has 5 nitrogen and oxygen atoms in total. The molecule has 0 radical (unpaired) electrons. The quantitative estimate of drug-likeness (QED) is 0.421. The van der Waals surface area contributed by atoms with E-state index in [1.54, 1.807) is 24.3 Å². The molecule has 32 heavy (non-hydrogen) atoms. The molecule has 0 spiro atoms. The number of rotatable bonds is 5. The number of alkyl halides is 3. The maximum atomic E-state index is 12.8. The van der Waals surface area contributed by atoms with Gasteiger partial charge in [0.2, 0.25) is 0 Å². The van der Waals surface area contributed by atoms with E-state index in [-0.39, 0.29) is 35.4 Å². The second-order valence-electron chi connectivity index (χ2n) is 7.22. The Morgan fingerprint density at radius 1 is 0.812 bits per heavy atom. The average Bonchev–Trinajstić information content (AvgIpc) is 3.02. The highest BCUT2D eigenvalue weighted by Crippen LogP contribution is 2.30. The molecule has 0 bridgehead atoms. The highest BCUT2D eigenvalue weighted by molar-refractivity contribution is 6.21. The van der Waals surface area contributed by atoms with Gasteiger partial charge in [0.05, 0.1) is 28.8 Å². The maximum Gasteiger partial charge on any atom is 0.416 e. The van der Waals surface area contributed by atoms with Crippen LogP contribution in [-0.2, 0) is 24.1 Å². The fourth-order valence-electron chi connectivity index (χ4n) is 3.40. The Morgan fingerprint density at radius 3 is 2.22 bits per heavy atom. The van der Waals surface area contributed by atoms with Crippen LogP contribution in [0.3, 0.4) is 0 Å². The van der Waals surface area contributed by atoms with Crippen LogP contribution >= 0.6 is 0 Å². The molecule has 0 saturated carbocycles. The van der Waals surface area contributed by atoms with Gasteiger partial charge in [0, 0.05) is 0 Å². The number of nitrogens with zero attached hydrogens (tertiary/aromatic N) is 1. The summed E-state index contributed by atoms with van der Waals surface area (Å²) in [6.07, 6.45) is -4.50. The maximum absolute atomic E-state index is 12.8. The van der Waals surface area contributed by atoms with E-state index in [2.05, 4.69) is 0 Å². The van der Waals surface area contributed by atoms with Gasteiger partial charge in [-0.3, -0.25) is 14.5 Å². The summed E-state index contributed by atoms with van der Waals surface area (Å²) in [6, 6.07) is 17.5. The lowest BCUT2D eigenvalue weighted by Gasteiger charge is -2.13. The van der Waals surface area contributed by atoms with Crippen molar-refractivity contribution < 1.29 is 32.3 Å². The van der Waals surface area contributed by atoms with E-state index < -0.39 is 29.5 Å². The number of imide groups is 1. The van der Waals surface area contributed by atoms with Crippen molar-refractivity contribution in [2.45, 2.75) is 19.3 Å². The van der Waals surface area contributed by atoms with Gasteiger partial charge in [-0.1, -0.05) is 42.5 Å². The van der Waals surface area contributed by atoms with E-state index in [1.165, 1.54) is 30.3 Å². The topological polar surface area (TPSA) is 63.7 Å². The summed E-state index contributed by atoms with van der Waals surface area (Å²) >= 11 is 0. The molecule has 0 aromatic heterocycles. The zero-order chi connectivity index (χ0) is 22.9. The largest absolute Gasteiger partial charge is 0.457 e. The van der Waals surface area contributed by atoms with Gasteiger partial charge in [0.1, 0.15) is 6.61 Å². The molecular weight excluding hydrogens is 423 g/mol. The molecule has 162 valence electrons. The molecule has 2 amide bonds. The van der Waals surface area contributed by atoms with Gasteiger partial charge in [-0.15, -0.1) is 0 Å². The Balaban J connectivity index is 1.48. The minimum absolute atomic E-state index is 0.0263. The lowest BCUT2D eigenvalue weighted by atomic mass is 10.1. The summed E-state index contributed by atoms with van der Waals surface area (Å²) in [5, 5.41) is 0. The summed E-state index contributed by atoms with van der Waals surface area (Å²) in [5.74, 6) is -1.80.